The molecule has 4 aromatic carbocycles. The number of amides is 13. The largest absolute Gasteiger partial charge is 0.481 e. The highest BCUT2D eigenvalue weighted by atomic mass is 16.4. The van der Waals surface area contributed by atoms with Crippen LogP contribution in [0.25, 0.3) is 32.7 Å². The Bertz CT molecular complexity index is 4370. The highest BCUT2D eigenvalue weighted by Crippen LogP contribution is 2.26. The third kappa shape index (κ3) is 22.5. The van der Waals surface area contributed by atoms with E-state index in [4.69, 9.17) is 17.2 Å². The normalized spacial score (nSPS) is 15.5. The molecule has 33 nitrogen and oxygen atoms in total. The number of hydrogen-bond donors (Lipinski definition) is 18. The molecule has 7 aromatic rings. The fraction of sp³-hybridized carbons (Fsp3) is 0.405. The van der Waals surface area contributed by atoms with Crippen molar-refractivity contribution in [2.75, 3.05) is 26.2 Å². The van der Waals surface area contributed by atoms with Gasteiger partial charge in [-0.3, -0.25) is 67.1 Å². The van der Waals surface area contributed by atoms with E-state index in [0.717, 1.165) is 6.92 Å². The molecule has 0 radical (unpaired) electrons. The number of H-pyrrole nitrogens is 3. The number of aliphatic hydroxyl groups is 1. The van der Waals surface area contributed by atoms with Crippen LogP contribution in [0.4, 0.5) is 0 Å². The molecule has 3 aromatic heterocycles. The van der Waals surface area contributed by atoms with Crippen LogP contribution >= 0.6 is 0 Å². The lowest BCUT2D eigenvalue weighted by molar-refractivity contribution is -0.142. The van der Waals surface area contributed by atoms with Crippen molar-refractivity contribution in [3.63, 3.8) is 0 Å². The standard InChI is InChI=1S/C74H93N17O16/c1-4-40(2)64(73(106)88-54(29-42-17-6-5-7-18-42)67(100)84-53(65(77)98)34-63(96)97)90-62(95)38-81-72(105)60-26-16-28-91(60)74(107)58(32-45-37-80-51-24-13-10-21-48(45)51)89-69(102)56(31-44-36-79-50-23-12-9-20-47(44)50)85-66(99)52(25-14-15-27-75)83-68(101)55(30-43-35-78-49-22-11-8-19-46(43)49)86-70(103)57(33-61(76)94)87-71(104)59(39-92)82-41(3)93/h5-13,17-24,35-37,40,52-60,64,78-80,92H,4,14-16,25-34,38-39,75H2,1-3H3,(H2,76,94)(H2,77,98)(H,81,105)(H,82,93)(H,83,101)(H,84,100)(H,85,99)(H,86,103)(H,87,104)(H,88,106)(H,89,102)(H,90,95)(H,96,97)/t40-,52-,53-,54-,55-,56-,57-,58-,59+,60-,64-/m0/s1. The number of nitrogens with two attached hydrogens (primary N) is 3. The summed E-state index contributed by atoms with van der Waals surface area (Å²) < 4.78 is 0. The summed E-state index contributed by atoms with van der Waals surface area (Å²) in [6.45, 7) is 3.15. The summed E-state index contributed by atoms with van der Waals surface area (Å²) in [6, 6.07) is 15.2. The monoisotopic (exact) mass is 1480 g/mol. The van der Waals surface area contributed by atoms with Gasteiger partial charge in [-0.15, -0.1) is 0 Å². The van der Waals surface area contributed by atoms with Crippen molar-refractivity contribution < 1.29 is 77.3 Å². The summed E-state index contributed by atoms with van der Waals surface area (Å²) in [5.41, 5.74) is 21.2. The lowest BCUT2D eigenvalue weighted by Crippen LogP contribution is -2.61. The number of nitrogens with zero attached hydrogens (tertiary/aromatic N) is 1. The van der Waals surface area contributed by atoms with Gasteiger partial charge >= 0.3 is 5.97 Å². The first-order valence-electron chi connectivity index (χ1n) is 35.3. The zero-order valence-corrected chi connectivity index (χ0v) is 59.5. The minimum Gasteiger partial charge on any atom is -0.481 e. The molecule has 1 saturated heterocycles. The molecule has 13 amide bonds. The first-order chi connectivity index (χ1) is 51.2. The number of carboxylic acids is 1. The minimum atomic E-state index is -1.75. The quantitative estimate of drug-likeness (QED) is 0.0203. The van der Waals surface area contributed by atoms with Gasteiger partial charge in [-0.1, -0.05) is 105 Å². The summed E-state index contributed by atoms with van der Waals surface area (Å²) >= 11 is 0. The van der Waals surface area contributed by atoms with Gasteiger partial charge in [-0.2, -0.15) is 0 Å². The van der Waals surface area contributed by atoms with Gasteiger partial charge in [0.2, 0.25) is 76.8 Å². The molecule has 21 N–H and O–H groups in total. The number of hydrogen-bond acceptors (Lipinski definition) is 16. The fourth-order valence-electron chi connectivity index (χ4n) is 12.9. The van der Waals surface area contributed by atoms with Gasteiger partial charge in [0.15, 0.2) is 0 Å². The zero-order valence-electron chi connectivity index (χ0n) is 59.5. The molecular formula is C74H93N17O16. The molecule has 107 heavy (non-hydrogen) atoms. The Morgan fingerprint density at radius 3 is 1.47 bits per heavy atom. The second-order valence-electron chi connectivity index (χ2n) is 26.5. The molecule has 11 atom stereocenters. The zero-order chi connectivity index (χ0) is 77.4. The molecule has 4 heterocycles. The number of aliphatic hydroxyl groups excluding tert-OH is 1. The molecule has 1 aliphatic heterocycles. The maximum absolute atomic E-state index is 15.5. The lowest BCUT2D eigenvalue weighted by atomic mass is 9.97. The molecule has 0 bridgehead atoms. The second kappa shape index (κ2) is 38.7. The Morgan fingerprint density at radius 1 is 0.523 bits per heavy atom. The van der Waals surface area contributed by atoms with Gasteiger partial charge in [0.1, 0.15) is 60.4 Å². The molecule has 1 aliphatic rings. The Kier molecular flexibility index (Phi) is 29.2. The number of primary amides is 2. The summed E-state index contributed by atoms with van der Waals surface area (Å²) in [5, 5.41) is 47.3. The predicted molar refractivity (Wildman–Crippen MR) is 392 cm³/mol. The van der Waals surface area contributed by atoms with Gasteiger partial charge in [0.05, 0.1) is 26.0 Å². The van der Waals surface area contributed by atoms with E-state index >= 15 is 19.2 Å². The topological polar surface area (TPSA) is 528 Å². The van der Waals surface area contributed by atoms with Crippen LogP contribution in [-0.4, -0.2) is 199 Å². The second-order valence-corrected chi connectivity index (χ2v) is 26.5. The molecule has 8 rings (SSSR count). The van der Waals surface area contributed by atoms with Crippen LogP contribution in [0.2, 0.25) is 0 Å². The third-order valence-electron chi connectivity index (χ3n) is 18.7. The predicted octanol–water partition coefficient (Wildman–Crippen LogP) is -1.11. The van der Waals surface area contributed by atoms with Crippen molar-refractivity contribution >= 4 is 115 Å². The number of carbonyl (C=O) groups excluding carboxylic acids is 13. The van der Waals surface area contributed by atoms with Crippen molar-refractivity contribution in [1.29, 1.82) is 0 Å². The van der Waals surface area contributed by atoms with Crippen LogP contribution in [0.5, 0.6) is 0 Å². The van der Waals surface area contributed by atoms with Crippen LogP contribution in [0.3, 0.4) is 0 Å². The van der Waals surface area contributed by atoms with Gasteiger partial charge < -0.3 is 100 Å². The smallest absolute Gasteiger partial charge is 0.305 e. The van der Waals surface area contributed by atoms with E-state index in [-0.39, 0.29) is 58.0 Å². The van der Waals surface area contributed by atoms with Crippen molar-refractivity contribution in [1.82, 2.24) is 73.0 Å². The Hall–Kier alpha value is -12.0. The van der Waals surface area contributed by atoms with Crippen molar-refractivity contribution in [3.05, 3.63) is 144 Å². The number of carboxylic acid groups (broad SMARTS) is 1. The van der Waals surface area contributed by atoms with Crippen molar-refractivity contribution in [2.45, 2.75) is 158 Å². The van der Waals surface area contributed by atoms with E-state index in [1.807, 2.05) is 24.3 Å². The number of fused-ring (bicyclic) bond motifs is 3. The summed E-state index contributed by atoms with van der Waals surface area (Å²) in [4.78, 5) is 204. The van der Waals surface area contributed by atoms with E-state index in [1.165, 1.54) is 4.90 Å². The van der Waals surface area contributed by atoms with E-state index in [9.17, 15) is 58.2 Å². The van der Waals surface area contributed by atoms with Gasteiger partial charge in [-0.05, 0) is 85.0 Å². The Balaban J connectivity index is 1.04. The van der Waals surface area contributed by atoms with Crippen LogP contribution in [0.1, 0.15) is 94.4 Å². The summed E-state index contributed by atoms with van der Waals surface area (Å²) in [6.07, 6.45) is 3.96. The molecule has 0 unspecified atom stereocenters. The van der Waals surface area contributed by atoms with Crippen molar-refractivity contribution in [2.24, 2.45) is 23.1 Å². The van der Waals surface area contributed by atoms with Crippen molar-refractivity contribution in [3.8, 4) is 0 Å². The van der Waals surface area contributed by atoms with Crippen LogP contribution in [0.15, 0.2) is 122 Å². The van der Waals surface area contributed by atoms with Gasteiger partial charge in [0.25, 0.3) is 0 Å². The summed E-state index contributed by atoms with van der Waals surface area (Å²) in [7, 11) is 0. The maximum atomic E-state index is 15.5. The van der Waals surface area contributed by atoms with Crippen LogP contribution in [0, 0.1) is 5.92 Å². The molecule has 0 spiro atoms. The Morgan fingerprint density at radius 2 is 0.972 bits per heavy atom. The number of aliphatic carboxylic acids is 1. The molecular weight excluding hydrogens is 1380 g/mol. The molecule has 0 saturated carbocycles. The van der Waals surface area contributed by atoms with Crippen LogP contribution in [-0.2, 0) is 92.8 Å². The molecule has 33 heteroatoms. The number of likely N-dealkylation sites (tertiary alicyclic amines) is 1. The number of carbonyl (C=O) groups is 14. The van der Waals surface area contributed by atoms with E-state index < -0.39 is 175 Å². The van der Waals surface area contributed by atoms with E-state index in [1.54, 1.807) is 111 Å². The van der Waals surface area contributed by atoms with Gasteiger partial charge in [-0.25, -0.2) is 0 Å². The average molecular weight is 1480 g/mol. The Labute approximate surface area is 614 Å². The third-order valence-corrected chi connectivity index (χ3v) is 18.7. The van der Waals surface area contributed by atoms with E-state index in [2.05, 4.69) is 68.1 Å². The minimum absolute atomic E-state index is 0.0263. The first-order valence-corrected chi connectivity index (χ1v) is 35.3. The van der Waals surface area contributed by atoms with Crippen LogP contribution < -0.4 is 70.4 Å². The fourth-order valence-corrected chi connectivity index (χ4v) is 12.9. The maximum Gasteiger partial charge on any atom is 0.305 e. The number of aromatic amines is 3. The van der Waals surface area contributed by atoms with Gasteiger partial charge in [0, 0.05) is 90.5 Å². The number of aromatic nitrogens is 3. The number of rotatable bonds is 40. The highest BCUT2D eigenvalue weighted by molar-refractivity contribution is 6.01. The lowest BCUT2D eigenvalue weighted by Gasteiger charge is -2.30. The number of benzene rings is 4. The molecule has 570 valence electrons. The number of unbranched alkanes of at least 4 members (excludes halogenated alkanes) is 1. The number of nitrogens with one attached hydrogen (secondary N) is 13. The highest BCUT2D eigenvalue weighted by Gasteiger charge is 2.41. The molecule has 1 fully saturated rings. The SMILES string of the molecule is CC[C@H](C)[C@H](NC(=O)CNC(=O)[C@@H]1CCCN1C(=O)[C@H](Cc1c[nH]c2ccccc12)NC(=O)[C@H](Cc1c[nH]c2ccccc12)NC(=O)[C@H](CCCCN)NC(=O)[C@H](Cc1c[nH]c2ccccc12)NC(=O)[C@H](CC(N)=O)NC(=O)[C@@H](CO)NC(C)=O)C(=O)N[C@@H](Cc1ccccc1)C(=O)N[C@@H](CC(=O)O)C(N)=O. The summed E-state index contributed by atoms with van der Waals surface area (Å²) in [5.74, 6) is -13.7. The number of para-hydroxylation sites is 3. The van der Waals surface area contributed by atoms with E-state index in [0.29, 0.717) is 74.2 Å². The first kappa shape index (κ1) is 80.7. The molecule has 0 aliphatic carbocycles. The average Bonchev–Trinajstić information content (AvgIpc) is 1.73.